The van der Waals surface area contributed by atoms with Crippen LogP contribution in [0.15, 0.2) is 35.1 Å². The van der Waals surface area contributed by atoms with Gasteiger partial charge in [-0.2, -0.15) is 5.10 Å². The van der Waals surface area contributed by atoms with E-state index < -0.39 is 0 Å². The van der Waals surface area contributed by atoms with Crippen LogP contribution in [0.1, 0.15) is 21.6 Å². The molecule has 0 saturated carbocycles. The van der Waals surface area contributed by atoms with Crippen molar-refractivity contribution in [3.05, 3.63) is 57.5 Å². The summed E-state index contributed by atoms with van der Waals surface area (Å²) >= 11 is 0. The topological polar surface area (TPSA) is 73.7 Å². The van der Waals surface area contributed by atoms with Crippen LogP contribution in [0.2, 0.25) is 0 Å². The Hall–Kier alpha value is -2.67. The van der Waals surface area contributed by atoms with Crippen LogP contribution >= 0.6 is 0 Å². The van der Waals surface area contributed by atoms with Gasteiger partial charge in [-0.05, 0) is 43.2 Å². The molecule has 7 nitrogen and oxygen atoms in total. The SMILES string of the molecule is COCCn1nc(C(=O)N(C)CCOc2cc(C)cc(C)c2)ccc1=O. The number of carbonyl (C=O) groups excluding carboxylic acids is 1. The molecule has 0 spiro atoms. The van der Waals surface area contributed by atoms with Gasteiger partial charge < -0.3 is 14.4 Å². The molecule has 0 radical (unpaired) electrons. The third-order valence-corrected chi connectivity index (χ3v) is 3.83. The number of carbonyl (C=O) groups is 1. The molecule has 1 aromatic carbocycles. The number of rotatable bonds is 8. The molecule has 140 valence electrons. The van der Waals surface area contributed by atoms with Crippen LogP contribution in [-0.4, -0.2) is 54.5 Å². The number of aromatic nitrogens is 2. The zero-order valence-corrected chi connectivity index (χ0v) is 15.7. The highest BCUT2D eigenvalue weighted by molar-refractivity contribution is 5.91. The Morgan fingerprint density at radius 3 is 2.50 bits per heavy atom. The summed E-state index contributed by atoms with van der Waals surface area (Å²) < 4.78 is 11.9. The van der Waals surface area contributed by atoms with Crippen molar-refractivity contribution in [3.63, 3.8) is 0 Å². The summed E-state index contributed by atoms with van der Waals surface area (Å²) in [6, 6.07) is 8.78. The van der Waals surface area contributed by atoms with Gasteiger partial charge in [0.05, 0.1) is 19.7 Å². The van der Waals surface area contributed by atoms with Crippen LogP contribution in [-0.2, 0) is 11.3 Å². The molecule has 0 aliphatic rings. The maximum atomic E-state index is 12.5. The van der Waals surface area contributed by atoms with Crippen molar-refractivity contribution in [1.29, 1.82) is 0 Å². The monoisotopic (exact) mass is 359 g/mol. The molecule has 0 fully saturated rings. The van der Waals surface area contributed by atoms with Gasteiger partial charge in [0.2, 0.25) is 0 Å². The maximum Gasteiger partial charge on any atom is 0.274 e. The van der Waals surface area contributed by atoms with Crippen LogP contribution in [0.4, 0.5) is 0 Å². The number of aryl methyl sites for hydroxylation is 2. The third-order valence-electron chi connectivity index (χ3n) is 3.83. The summed E-state index contributed by atoms with van der Waals surface area (Å²) in [5.74, 6) is 0.523. The van der Waals surface area contributed by atoms with Crippen molar-refractivity contribution in [3.8, 4) is 5.75 Å². The number of hydrogen-bond acceptors (Lipinski definition) is 5. The minimum absolute atomic E-state index is 0.217. The van der Waals surface area contributed by atoms with Crippen LogP contribution in [0.3, 0.4) is 0 Å². The highest BCUT2D eigenvalue weighted by Gasteiger charge is 2.14. The Kier molecular flexibility index (Phi) is 6.91. The van der Waals surface area contributed by atoms with E-state index in [1.807, 2.05) is 26.0 Å². The van der Waals surface area contributed by atoms with E-state index >= 15 is 0 Å². The zero-order valence-electron chi connectivity index (χ0n) is 15.7. The molecular weight excluding hydrogens is 334 g/mol. The highest BCUT2D eigenvalue weighted by atomic mass is 16.5. The van der Waals surface area contributed by atoms with E-state index in [1.54, 1.807) is 14.2 Å². The predicted molar refractivity (Wildman–Crippen MR) is 98.7 cm³/mol. The molecule has 2 rings (SSSR count). The molecule has 0 atom stereocenters. The Balaban J connectivity index is 1.95. The van der Waals surface area contributed by atoms with Gasteiger partial charge in [-0.1, -0.05) is 6.07 Å². The van der Waals surface area contributed by atoms with Gasteiger partial charge in [-0.3, -0.25) is 9.59 Å². The number of ether oxygens (including phenoxy) is 2. The van der Waals surface area contributed by atoms with E-state index in [4.69, 9.17) is 9.47 Å². The van der Waals surface area contributed by atoms with Gasteiger partial charge in [-0.25, -0.2) is 4.68 Å². The minimum atomic E-state index is -0.264. The number of nitrogens with zero attached hydrogens (tertiary/aromatic N) is 3. The molecule has 7 heteroatoms. The third kappa shape index (κ3) is 5.42. The van der Waals surface area contributed by atoms with Gasteiger partial charge in [0.25, 0.3) is 11.5 Å². The van der Waals surface area contributed by atoms with E-state index in [0.717, 1.165) is 16.9 Å². The number of methoxy groups -OCH3 is 1. The summed E-state index contributed by atoms with van der Waals surface area (Å²) in [4.78, 5) is 25.8. The average Bonchev–Trinajstić information content (AvgIpc) is 2.59. The molecule has 2 aromatic rings. The van der Waals surface area contributed by atoms with Gasteiger partial charge >= 0.3 is 0 Å². The lowest BCUT2D eigenvalue weighted by Gasteiger charge is -2.17. The number of likely N-dealkylation sites (N-methyl/N-ethyl adjacent to an activating group) is 1. The Morgan fingerprint density at radius 2 is 1.85 bits per heavy atom. The molecule has 1 heterocycles. The predicted octanol–water partition coefficient (Wildman–Crippen LogP) is 1.66. The highest BCUT2D eigenvalue weighted by Crippen LogP contribution is 2.16. The first-order valence-electron chi connectivity index (χ1n) is 8.44. The second kappa shape index (κ2) is 9.15. The minimum Gasteiger partial charge on any atom is -0.492 e. The molecule has 0 N–H and O–H groups in total. The Morgan fingerprint density at radius 1 is 1.15 bits per heavy atom. The number of hydrogen-bond donors (Lipinski definition) is 0. The maximum absolute atomic E-state index is 12.5. The summed E-state index contributed by atoms with van der Waals surface area (Å²) in [7, 11) is 3.23. The number of benzene rings is 1. The molecule has 0 aliphatic carbocycles. The van der Waals surface area contributed by atoms with Crippen molar-refractivity contribution in [2.24, 2.45) is 0 Å². The van der Waals surface area contributed by atoms with Crippen molar-refractivity contribution < 1.29 is 14.3 Å². The summed E-state index contributed by atoms with van der Waals surface area (Å²) in [5, 5.41) is 4.11. The first kappa shape index (κ1) is 19.7. The number of amides is 1. The second-order valence-corrected chi connectivity index (χ2v) is 6.17. The van der Waals surface area contributed by atoms with Crippen molar-refractivity contribution in [2.75, 3.05) is 33.9 Å². The van der Waals surface area contributed by atoms with E-state index in [2.05, 4.69) is 11.2 Å². The van der Waals surface area contributed by atoms with E-state index in [9.17, 15) is 9.59 Å². The normalized spacial score (nSPS) is 10.6. The van der Waals surface area contributed by atoms with E-state index in [0.29, 0.717) is 26.3 Å². The first-order chi connectivity index (χ1) is 12.4. The zero-order chi connectivity index (χ0) is 19.1. The molecule has 0 saturated heterocycles. The first-order valence-corrected chi connectivity index (χ1v) is 8.44. The molecule has 0 aliphatic heterocycles. The summed E-state index contributed by atoms with van der Waals surface area (Å²) in [6.07, 6.45) is 0. The fourth-order valence-electron chi connectivity index (χ4n) is 2.51. The van der Waals surface area contributed by atoms with Crippen LogP contribution < -0.4 is 10.3 Å². The summed E-state index contributed by atoms with van der Waals surface area (Å²) in [5.41, 5.74) is 2.22. The largest absolute Gasteiger partial charge is 0.492 e. The van der Waals surface area contributed by atoms with E-state index in [-0.39, 0.29) is 17.2 Å². The lowest BCUT2D eigenvalue weighted by molar-refractivity contribution is 0.0764. The van der Waals surface area contributed by atoms with Crippen LogP contribution in [0, 0.1) is 13.8 Å². The van der Waals surface area contributed by atoms with Gasteiger partial charge in [-0.15, -0.1) is 0 Å². The quantitative estimate of drug-likeness (QED) is 0.717. The Bertz CT molecular complexity index is 796. The lowest BCUT2D eigenvalue weighted by Crippen LogP contribution is -2.34. The molecule has 1 amide bonds. The van der Waals surface area contributed by atoms with Crippen LogP contribution in [0.5, 0.6) is 5.75 Å². The Labute approximate surface area is 153 Å². The van der Waals surface area contributed by atoms with Gasteiger partial charge in [0.15, 0.2) is 0 Å². The fraction of sp³-hybridized carbons (Fsp3) is 0.421. The van der Waals surface area contributed by atoms with Crippen molar-refractivity contribution >= 4 is 5.91 Å². The molecule has 26 heavy (non-hydrogen) atoms. The second-order valence-electron chi connectivity index (χ2n) is 6.17. The smallest absolute Gasteiger partial charge is 0.274 e. The molecular formula is C19H25N3O4. The molecule has 0 bridgehead atoms. The molecule has 1 aromatic heterocycles. The van der Waals surface area contributed by atoms with Gasteiger partial charge in [0.1, 0.15) is 18.1 Å². The average molecular weight is 359 g/mol. The summed E-state index contributed by atoms with van der Waals surface area (Å²) in [6.45, 7) is 5.46. The molecule has 0 unspecified atom stereocenters. The van der Waals surface area contributed by atoms with Crippen molar-refractivity contribution in [2.45, 2.75) is 20.4 Å². The van der Waals surface area contributed by atoms with E-state index in [1.165, 1.54) is 21.7 Å². The van der Waals surface area contributed by atoms with Crippen molar-refractivity contribution in [1.82, 2.24) is 14.7 Å². The fourth-order valence-corrected chi connectivity index (χ4v) is 2.51. The van der Waals surface area contributed by atoms with Crippen LogP contribution in [0.25, 0.3) is 0 Å². The standard InChI is InChI=1S/C19H25N3O4/c1-14-11-15(2)13-16(12-14)26-10-7-21(3)19(24)17-5-6-18(23)22(20-17)8-9-25-4/h5-6,11-13H,7-10H2,1-4H3. The lowest BCUT2D eigenvalue weighted by atomic mass is 10.1. The van der Waals surface area contributed by atoms with Gasteiger partial charge in [0, 0.05) is 20.2 Å².